The van der Waals surface area contributed by atoms with E-state index in [0.717, 1.165) is 11.3 Å². The summed E-state index contributed by atoms with van der Waals surface area (Å²) >= 11 is 7.11. The molecule has 0 unspecified atom stereocenters. The normalized spacial score (nSPS) is 11.4. The van der Waals surface area contributed by atoms with Crippen LogP contribution in [-0.4, -0.2) is 24.5 Å². The first-order valence-electron chi connectivity index (χ1n) is 6.74. The van der Waals surface area contributed by atoms with Crippen molar-refractivity contribution >= 4 is 44.1 Å². The lowest BCUT2D eigenvalue weighted by Gasteiger charge is -2.09. The Balaban J connectivity index is 2.11. The van der Waals surface area contributed by atoms with E-state index >= 15 is 0 Å². The number of hydrogen-bond acceptors (Lipinski definition) is 5. The van der Waals surface area contributed by atoms with Gasteiger partial charge in [0.05, 0.1) is 10.6 Å². The van der Waals surface area contributed by atoms with Gasteiger partial charge in [0, 0.05) is 16.8 Å². The summed E-state index contributed by atoms with van der Waals surface area (Å²) in [4.78, 5) is 14.8. The summed E-state index contributed by atoms with van der Waals surface area (Å²) in [5, 5.41) is 10.9. The van der Waals surface area contributed by atoms with E-state index in [0.29, 0.717) is 29.1 Å². The fourth-order valence-electron chi connectivity index (χ4n) is 1.94. The Morgan fingerprint density at radius 1 is 1.43 bits per heavy atom. The highest BCUT2D eigenvalue weighted by atomic mass is 35.5. The van der Waals surface area contributed by atoms with E-state index in [1.165, 1.54) is 6.07 Å². The number of aryl methyl sites for hydroxylation is 1. The highest BCUT2D eigenvalue weighted by Crippen LogP contribution is 2.26. The molecule has 0 amide bonds. The van der Waals surface area contributed by atoms with Crippen molar-refractivity contribution in [3.8, 4) is 0 Å². The fraction of sp³-hybridized carbons (Fsp3) is 0.286. The molecule has 0 aliphatic carbocycles. The van der Waals surface area contributed by atoms with Gasteiger partial charge in [0.1, 0.15) is 0 Å². The van der Waals surface area contributed by atoms with Crippen LogP contribution in [0.5, 0.6) is 0 Å². The summed E-state index contributed by atoms with van der Waals surface area (Å²) in [6.07, 6.45) is 1.000. The molecule has 0 radical (unpaired) electrons. The molecular formula is C14H15ClN2O4S2. The molecule has 2 N–H and O–H groups in total. The Kier molecular flexibility index (Phi) is 5.61. The van der Waals surface area contributed by atoms with Crippen LogP contribution in [0, 0.1) is 6.92 Å². The molecule has 2 aromatic rings. The molecule has 1 heterocycles. The maximum atomic E-state index is 12.4. The zero-order valence-corrected chi connectivity index (χ0v) is 14.6. The lowest BCUT2D eigenvalue weighted by atomic mass is 10.2. The Morgan fingerprint density at radius 2 is 2.17 bits per heavy atom. The first kappa shape index (κ1) is 17.7. The first-order valence-corrected chi connectivity index (χ1v) is 9.48. The molecule has 23 heavy (non-hydrogen) atoms. The van der Waals surface area contributed by atoms with Crippen molar-refractivity contribution in [2.45, 2.75) is 31.1 Å². The average Bonchev–Trinajstić information content (AvgIpc) is 2.88. The van der Waals surface area contributed by atoms with Gasteiger partial charge in [-0.2, -0.15) is 0 Å². The molecule has 0 aliphatic rings. The highest BCUT2D eigenvalue weighted by molar-refractivity contribution is 7.93. The van der Waals surface area contributed by atoms with Crippen LogP contribution in [0.25, 0.3) is 0 Å². The minimum Gasteiger partial charge on any atom is -0.481 e. The molecule has 1 aromatic carbocycles. The third-order valence-corrected chi connectivity index (χ3v) is 5.93. The first-order chi connectivity index (χ1) is 10.8. The van der Waals surface area contributed by atoms with Crippen LogP contribution in [0.2, 0.25) is 5.02 Å². The van der Waals surface area contributed by atoms with E-state index in [-0.39, 0.29) is 16.4 Å². The predicted molar refractivity (Wildman–Crippen MR) is 89.7 cm³/mol. The number of hydrogen-bond donors (Lipinski definition) is 2. The second kappa shape index (κ2) is 7.29. The van der Waals surface area contributed by atoms with E-state index in [1.54, 1.807) is 24.4 Å². The second-order valence-electron chi connectivity index (χ2n) is 4.86. The molecule has 2 rings (SSSR count). The Labute approximate surface area is 143 Å². The fourth-order valence-corrected chi connectivity index (χ4v) is 4.43. The minimum absolute atomic E-state index is 0.0558. The summed E-state index contributed by atoms with van der Waals surface area (Å²) in [7, 11) is -3.77. The molecule has 0 aliphatic heterocycles. The van der Waals surface area contributed by atoms with Crippen LogP contribution >= 0.6 is 22.9 Å². The number of carboxylic acids is 1. The maximum absolute atomic E-state index is 12.4. The van der Waals surface area contributed by atoms with Crippen LogP contribution in [-0.2, 0) is 21.2 Å². The van der Waals surface area contributed by atoms with E-state index in [1.807, 2.05) is 0 Å². The van der Waals surface area contributed by atoms with Crippen molar-refractivity contribution in [2.75, 3.05) is 4.72 Å². The van der Waals surface area contributed by atoms with Crippen LogP contribution in [0.1, 0.15) is 24.1 Å². The molecule has 6 nitrogen and oxygen atoms in total. The van der Waals surface area contributed by atoms with Crippen LogP contribution in [0.15, 0.2) is 28.5 Å². The predicted octanol–water partition coefficient (Wildman–Crippen LogP) is 3.31. The number of anilines is 1. The number of halogens is 1. The summed E-state index contributed by atoms with van der Waals surface area (Å²) in [5.74, 6) is -0.863. The second-order valence-corrected chi connectivity index (χ2v) is 7.78. The van der Waals surface area contributed by atoms with Gasteiger partial charge in [-0.25, -0.2) is 13.4 Å². The molecule has 0 saturated carbocycles. The van der Waals surface area contributed by atoms with Crippen molar-refractivity contribution in [3.05, 3.63) is 39.9 Å². The highest BCUT2D eigenvalue weighted by Gasteiger charge is 2.19. The lowest BCUT2D eigenvalue weighted by Crippen LogP contribution is -2.14. The number of thiazole rings is 1. The molecule has 0 bridgehead atoms. The van der Waals surface area contributed by atoms with Gasteiger partial charge in [0.25, 0.3) is 10.0 Å². The summed E-state index contributed by atoms with van der Waals surface area (Å²) in [6, 6.07) is 4.67. The topological polar surface area (TPSA) is 96.4 Å². The third kappa shape index (κ3) is 4.66. The zero-order valence-electron chi connectivity index (χ0n) is 12.2. The van der Waals surface area contributed by atoms with Crippen LogP contribution in [0.3, 0.4) is 0 Å². The smallest absolute Gasteiger partial charge is 0.303 e. The number of sulfonamides is 1. The number of carboxylic acid groups (broad SMARTS) is 1. The largest absolute Gasteiger partial charge is 0.481 e. The molecule has 0 fully saturated rings. The number of rotatable bonds is 7. The SMILES string of the molecule is Cc1c(Cl)cccc1S(=O)(=O)Nc1nc(CCCC(=O)O)cs1. The van der Waals surface area contributed by atoms with Crippen molar-refractivity contribution in [3.63, 3.8) is 0 Å². The molecule has 1 aromatic heterocycles. The van der Waals surface area contributed by atoms with E-state index in [9.17, 15) is 13.2 Å². The number of nitrogens with one attached hydrogen (secondary N) is 1. The van der Waals surface area contributed by atoms with Gasteiger partial charge >= 0.3 is 5.97 Å². The Hall–Kier alpha value is -1.64. The molecule has 0 atom stereocenters. The zero-order chi connectivity index (χ0) is 17.0. The van der Waals surface area contributed by atoms with Gasteiger partial charge < -0.3 is 5.11 Å². The lowest BCUT2D eigenvalue weighted by molar-refractivity contribution is -0.137. The van der Waals surface area contributed by atoms with Crippen LogP contribution < -0.4 is 4.72 Å². The van der Waals surface area contributed by atoms with Gasteiger partial charge in [-0.15, -0.1) is 11.3 Å². The van der Waals surface area contributed by atoms with Gasteiger partial charge in [0.15, 0.2) is 5.13 Å². The molecule has 9 heteroatoms. The maximum Gasteiger partial charge on any atom is 0.303 e. The molecule has 0 saturated heterocycles. The number of benzene rings is 1. The third-order valence-electron chi connectivity index (χ3n) is 3.10. The molecule has 0 spiro atoms. The van der Waals surface area contributed by atoms with Crippen LogP contribution in [0.4, 0.5) is 5.13 Å². The number of carbonyl (C=O) groups is 1. The van der Waals surface area contributed by atoms with Gasteiger partial charge in [-0.1, -0.05) is 17.7 Å². The summed E-state index contributed by atoms with van der Waals surface area (Å²) in [6.45, 7) is 1.63. The van der Waals surface area contributed by atoms with E-state index in [2.05, 4.69) is 9.71 Å². The monoisotopic (exact) mass is 374 g/mol. The Bertz CT molecular complexity index is 818. The number of aromatic nitrogens is 1. The van der Waals surface area contributed by atoms with Crippen molar-refractivity contribution < 1.29 is 18.3 Å². The number of nitrogens with zero attached hydrogens (tertiary/aromatic N) is 1. The van der Waals surface area contributed by atoms with Gasteiger partial charge in [-0.05, 0) is 37.5 Å². The standard InChI is InChI=1S/C14H15ClN2O4S2/c1-9-11(15)5-3-6-12(9)23(20,21)17-14-16-10(8-22-14)4-2-7-13(18)19/h3,5-6,8H,2,4,7H2,1H3,(H,16,17)(H,18,19). The molecular weight excluding hydrogens is 360 g/mol. The van der Waals surface area contributed by atoms with Gasteiger partial charge in [0.2, 0.25) is 0 Å². The number of aliphatic carboxylic acids is 1. The molecule has 124 valence electrons. The van der Waals surface area contributed by atoms with Gasteiger partial charge in [-0.3, -0.25) is 9.52 Å². The van der Waals surface area contributed by atoms with Crippen molar-refractivity contribution in [1.29, 1.82) is 0 Å². The summed E-state index contributed by atoms with van der Waals surface area (Å²) in [5.41, 5.74) is 1.14. The minimum atomic E-state index is -3.77. The van der Waals surface area contributed by atoms with Crippen molar-refractivity contribution in [2.24, 2.45) is 0 Å². The average molecular weight is 375 g/mol. The quantitative estimate of drug-likeness (QED) is 0.774. The van der Waals surface area contributed by atoms with E-state index in [4.69, 9.17) is 16.7 Å². The summed E-state index contributed by atoms with van der Waals surface area (Å²) < 4.78 is 27.2. The van der Waals surface area contributed by atoms with E-state index < -0.39 is 16.0 Å². The Morgan fingerprint density at radius 3 is 2.87 bits per heavy atom. The van der Waals surface area contributed by atoms with Crippen molar-refractivity contribution in [1.82, 2.24) is 4.98 Å².